The summed E-state index contributed by atoms with van der Waals surface area (Å²) >= 11 is 7.42. The average Bonchev–Trinajstić information content (AvgIpc) is 2.97. The van der Waals surface area contributed by atoms with E-state index in [1.165, 1.54) is 11.3 Å². The molecule has 6 heteroatoms. The van der Waals surface area contributed by atoms with Gasteiger partial charge in [0.1, 0.15) is 0 Å². The number of hydrogen-bond acceptors (Lipinski definition) is 3. The zero-order chi connectivity index (χ0) is 13.1. The monoisotopic (exact) mass is 322 g/mol. The van der Waals surface area contributed by atoms with E-state index in [0.29, 0.717) is 5.92 Å². The van der Waals surface area contributed by atoms with E-state index in [9.17, 15) is 4.79 Å². The van der Waals surface area contributed by atoms with Crippen molar-refractivity contribution in [1.82, 2.24) is 10.2 Å². The van der Waals surface area contributed by atoms with Crippen LogP contribution in [0.2, 0.25) is 4.34 Å². The highest BCUT2D eigenvalue weighted by molar-refractivity contribution is 7.16. The molecule has 1 aliphatic heterocycles. The molecule has 0 radical (unpaired) electrons. The summed E-state index contributed by atoms with van der Waals surface area (Å²) < 4.78 is 0.749. The van der Waals surface area contributed by atoms with Crippen LogP contribution in [-0.2, 0) is 4.79 Å². The van der Waals surface area contributed by atoms with Crippen LogP contribution in [0.5, 0.6) is 0 Å². The number of carbonyl (C=O) groups is 1. The van der Waals surface area contributed by atoms with Gasteiger partial charge in [0.15, 0.2) is 0 Å². The van der Waals surface area contributed by atoms with Gasteiger partial charge in [-0.2, -0.15) is 0 Å². The first-order valence-corrected chi connectivity index (χ1v) is 7.50. The van der Waals surface area contributed by atoms with Gasteiger partial charge in [-0.15, -0.1) is 23.7 Å². The van der Waals surface area contributed by atoms with E-state index in [1.807, 2.05) is 31.0 Å². The highest BCUT2D eigenvalue weighted by atomic mass is 35.5. The van der Waals surface area contributed by atoms with Crippen molar-refractivity contribution in [3.8, 4) is 0 Å². The molecular formula is C13H20Cl2N2OS. The van der Waals surface area contributed by atoms with Crippen molar-refractivity contribution in [2.45, 2.75) is 19.3 Å². The third kappa shape index (κ3) is 4.09. The van der Waals surface area contributed by atoms with Crippen LogP contribution in [0.4, 0.5) is 0 Å². The van der Waals surface area contributed by atoms with Crippen molar-refractivity contribution in [2.75, 3.05) is 26.7 Å². The van der Waals surface area contributed by atoms with Crippen LogP contribution in [0.15, 0.2) is 12.1 Å². The largest absolute Gasteiger partial charge is 0.342 e. The summed E-state index contributed by atoms with van der Waals surface area (Å²) in [6.45, 7) is 4.72. The third-order valence-corrected chi connectivity index (χ3v) is 4.90. The topological polar surface area (TPSA) is 32.3 Å². The number of nitrogens with one attached hydrogen (secondary N) is 1. The molecule has 0 saturated carbocycles. The lowest BCUT2D eigenvalue weighted by Crippen LogP contribution is -2.33. The first-order chi connectivity index (χ1) is 8.61. The lowest BCUT2D eigenvalue weighted by molar-refractivity contribution is -0.131. The van der Waals surface area contributed by atoms with Gasteiger partial charge in [0.2, 0.25) is 5.91 Å². The standard InChI is InChI=1S/C13H19ClN2OS.ClH/c1-9(11-3-4-12(14)18-11)13(17)16-6-5-10(8-16)7-15-2;/h3-4,9-10,15H,5-8H2,1-2H3;1H. The summed E-state index contributed by atoms with van der Waals surface area (Å²) in [7, 11) is 1.96. The average molecular weight is 323 g/mol. The van der Waals surface area contributed by atoms with Crippen LogP contribution < -0.4 is 5.32 Å². The number of likely N-dealkylation sites (tertiary alicyclic amines) is 1. The van der Waals surface area contributed by atoms with Crippen LogP contribution in [0.1, 0.15) is 24.1 Å². The third-order valence-electron chi connectivity index (χ3n) is 3.48. The van der Waals surface area contributed by atoms with E-state index in [0.717, 1.165) is 35.3 Å². The van der Waals surface area contributed by atoms with Gasteiger partial charge in [-0.05, 0) is 45.0 Å². The van der Waals surface area contributed by atoms with Gasteiger partial charge in [0, 0.05) is 18.0 Å². The van der Waals surface area contributed by atoms with Gasteiger partial charge in [-0.3, -0.25) is 4.79 Å². The molecular weight excluding hydrogens is 303 g/mol. The number of halogens is 2. The quantitative estimate of drug-likeness (QED) is 0.924. The number of rotatable bonds is 4. The van der Waals surface area contributed by atoms with Gasteiger partial charge >= 0.3 is 0 Å². The summed E-state index contributed by atoms with van der Waals surface area (Å²) in [4.78, 5) is 15.4. The zero-order valence-corrected chi connectivity index (χ0v) is 13.6. The Hall–Kier alpha value is -0.290. The molecule has 1 saturated heterocycles. The van der Waals surface area contributed by atoms with Crippen molar-refractivity contribution in [2.24, 2.45) is 5.92 Å². The fourth-order valence-electron chi connectivity index (χ4n) is 2.44. The van der Waals surface area contributed by atoms with E-state index in [1.54, 1.807) is 0 Å². The molecule has 2 atom stereocenters. The fraction of sp³-hybridized carbons (Fsp3) is 0.615. The summed E-state index contributed by atoms with van der Waals surface area (Å²) in [6, 6.07) is 3.82. The van der Waals surface area contributed by atoms with Crippen molar-refractivity contribution < 1.29 is 4.79 Å². The minimum atomic E-state index is -0.0733. The lowest BCUT2D eigenvalue weighted by Gasteiger charge is -2.20. The molecule has 0 aliphatic carbocycles. The summed E-state index contributed by atoms with van der Waals surface area (Å²) in [5.41, 5.74) is 0. The van der Waals surface area contributed by atoms with Crippen LogP contribution in [-0.4, -0.2) is 37.5 Å². The van der Waals surface area contributed by atoms with Crippen LogP contribution in [0.25, 0.3) is 0 Å². The molecule has 1 N–H and O–H groups in total. The molecule has 2 rings (SSSR count). The van der Waals surface area contributed by atoms with Gasteiger partial charge in [-0.25, -0.2) is 0 Å². The minimum Gasteiger partial charge on any atom is -0.342 e. The Bertz CT molecular complexity index is 425. The molecule has 2 heterocycles. The Kier molecular flexibility index (Phi) is 6.60. The Morgan fingerprint density at radius 1 is 1.63 bits per heavy atom. The first kappa shape index (κ1) is 16.8. The van der Waals surface area contributed by atoms with E-state index < -0.39 is 0 Å². The predicted molar refractivity (Wildman–Crippen MR) is 83.6 cm³/mol. The van der Waals surface area contributed by atoms with Crippen molar-refractivity contribution >= 4 is 41.3 Å². The zero-order valence-electron chi connectivity index (χ0n) is 11.2. The van der Waals surface area contributed by atoms with Gasteiger partial charge in [0.25, 0.3) is 0 Å². The summed E-state index contributed by atoms with van der Waals surface area (Å²) in [6.07, 6.45) is 1.10. The first-order valence-electron chi connectivity index (χ1n) is 6.30. The van der Waals surface area contributed by atoms with Crippen molar-refractivity contribution in [1.29, 1.82) is 0 Å². The maximum Gasteiger partial charge on any atom is 0.230 e. The predicted octanol–water partition coefficient (Wildman–Crippen LogP) is 2.99. The van der Waals surface area contributed by atoms with E-state index in [-0.39, 0.29) is 24.2 Å². The van der Waals surface area contributed by atoms with Crippen LogP contribution in [0, 0.1) is 5.92 Å². The number of amides is 1. The van der Waals surface area contributed by atoms with Gasteiger partial charge in [-0.1, -0.05) is 11.6 Å². The van der Waals surface area contributed by atoms with Gasteiger partial charge < -0.3 is 10.2 Å². The second kappa shape index (κ2) is 7.48. The molecule has 1 aromatic rings. The molecule has 3 nitrogen and oxygen atoms in total. The number of hydrogen-bond donors (Lipinski definition) is 1. The Morgan fingerprint density at radius 3 is 2.95 bits per heavy atom. The number of thiophene rings is 1. The molecule has 0 bridgehead atoms. The van der Waals surface area contributed by atoms with E-state index in [4.69, 9.17) is 11.6 Å². The van der Waals surface area contributed by atoms with Crippen LogP contribution in [0.3, 0.4) is 0 Å². The Morgan fingerprint density at radius 2 is 2.37 bits per heavy atom. The molecule has 1 aromatic heterocycles. The molecule has 1 fully saturated rings. The van der Waals surface area contributed by atoms with Gasteiger partial charge in [0.05, 0.1) is 10.3 Å². The molecule has 0 aromatic carbocycles. The molecule has 108 valence electrons. The van der Waals surface area contributed by atoms with Crippen molar-refractivity contribution in [3.63, 3.8) is 0 Å². The van der Waals surface area contributed by atoms with E-state index >= 15 is 0 Å². The lowest BCUT2D eigenvalue weighted by atomic mass is 10.1. The van der Waals surface area contributed by atoms with Crippen molar-refractivity contribution in [3.05, 3.63) is 21.3 Å². The maximum atomic E-state index is 12.4. The summed E-state index contributed by atoms with van der Waals surface area (Å²) in [5.74, 6) is 0.751. The molecule has 19 heavy (non-hydrogen) atoms. The second-order valence-electron chi connectivity index (χ2n) is 4.86. The van der Waals surface area contributed by atoms with E-state index in [2.05, 4.69) is 5.32 Å². The normalized spacial score (nSPS) is 20.2. The smallest absolute Gasteiger partial charge is 0.230 e. The highest BCUT2D eigenvalue weighted by Crippen LogP contribution is 2.30. The summed E-state index contributed by atoms with van der Waals surface area (Å²) in [5, 5.41) is 3.18. The fourth-order valence-corrected chi connectivity index (χ4v) is 3.55. The second-order valence-corrected chi connectivity index (χ2v) is 6.61. The minimum absolute atomic E-state index is 0. The number of carbonyl (C=O) groups excluding carboxylic acids is 1. The number of nitrogens with zero attached hydrogens (tertiary/aromatic N) is 1. The molecule has 1 amide bonds. The SMILES string of the molecule is CNCC1CCN(C(=O)C(C)c2ccc(Cl)s2)C1.Cl. The highest BCUT2D eigenvalue weighted by Gasteiger charge is 2.29. The molecule has 2 unspecified atom stereocenters. The van der Waals surface area contributed by atoms with Crippen LogP contribution >= 0.6 is 35.3 Å². The molecule has 0 spiro atoms. The maximum absolute atomic E-state index is 12.4. The molecule has 1 aliphatic rings. The Labute approximate surface area is 129 Å². The Balaban J connectivity index is 0.00000180.